The Balaban J connectivity index is 1.50. The summed E-state index contributed by atoms with van der Waals surface area (Å²) in [7, 11) is 0. The van der Waals surface area contributed by atoms with Gasteiger partial charge < -0.3 is 50.3 Å². The molecule has 0 aromatic heterocycles. The van der Waals surface area contributed by atoms with Gasteiger partial charge in [-0.05, 0) is 36.8 Å². The second kappa shape index (κ2) is 11.3. The first-order valence-electron chi connectivity index (χ1n) is 11.0. The van der Waals surface area contributed by atoms with Crippen molar-refractivity contribution in [2.45, 2.75) is 86.7 Å². The fraction of sp³-hybridized carbons (Fsp3) is 0.727. The van der Waals surface area contributed by atoms with Crippen LogP contribution in [0.1, 0.15) is 24.0 Å². The number of rotatable bonds is 8. The summed E-state index contributed by atoms with van der Waals surface area (Å²) in [4.78, 5) is 0. The van der Waals surface area contributed by atoms with Crippen LogP contribution in [-0.2, 0) is 22.3 Å². The molecule has 10 nitrogen and oxygen atoms in total. The summed E-state index contributed by atoms with van der Waals surface area (Å²) in [5, 5.41) is 78.3. The molecule has 182 valence electrons. The van der Waals surface area contributed by atoms with Crippen molar-refractivity contribution in [3.63, 3.8) is 0 Å². The van der Waals surface area contributed by atoms with Crippen LogP contribution in [0.4, 0.5) is 0 Å². The largest absolute Gasteiger partial charge is 0.394 e. The molecule has 0 spiro atoms. The van der Waals surface area contributed by atoms with Gasteiger partial charge in [0, 0.05) is 0 Å². The zero-order chi connectivity index (χ0) is 23.4. The van der Waals surface area contributed by atoms with Crippen molar-refractivity contribution in [1.82, 2.24) is 0 Å². The molecule has 2 saturated heterocycles. The van der Waals surface area contributed by atoms with Gasteiger partial charge in [-0.25, -0.2) is 0 Å². The van der Waals surface area contributed by atoms with Gasteiger partial charge in [-0.15, -0.1) is 0 Å². The Morgan fingerprint density at radius 2 is 0.812 bits per heavy atom. The molecular formula is C22H34O10. The molecule has 10 heteroatoms. The number of aliphatic hydroxyl groups is 8. The van der Waals surface area contributed by atoms with Gasteiger partial charge in [-0.1, -0.05) is 24.3 Å². The van der Waals surface area contributed by atoms with E-state index in [0.29, 0.717) is 25.7 Å². The van der Waals surface area contributed by atoms with E-state index in [2.05, 4.69) is 0 Å². The maximum atomic E-state index is 10.1. The Morgan fingerprint density at radius 1 is 0.500 bits per heavy atom. The lowest BCUT2D eigenvalue weighted by molar-refractivity contribution is -0.230. The molecule has 0 aliphatic carbocycles. The molecule has 3 rings (SSSR count). The molecule has 8 N–H and O–H groups in total. The van der Waals surface area contributed by atoms with E-state index in [1.54, 1.807) is 0 Å². The Hall–Kier alpha value is -1.18. The molecule has 2 fully saturated rings. The van der Waals surface area contributed by atoms with Crippen molar-refractivity contribution in [2.24, 2.45) is 0 Å². The van der Waals surface area contributed by atoms with Crippen molar-refractivity contribution >= 4 is 0 Å². The van der Waals surface area contributed by atoms with E-state index in [9.17, 15) is 40.9 Å². The molecule has 2 heterocycles. The lowest BCUT2D eigenvalue weighted by Gasteiger charge is -2.40. The number of aryl methyl sites for hydroxylation is 2. The zero-order valence-corrected chi connectivity index (χ0v) is 17.7. The second-order valence-electron chi connectivity index (χ2n) is 8.63. The zero-order valence-electron chi connectivity index (χ0n) is 17.7. The molecule has 0 bridgehead atoms. The van der Waals surface area contributed by atoms with Gasteiger partial charge in [-0.2, -0.15) is 0 Å². The van der Waals surface area contributed by atoms with Gasteiger partial charge in [0.15, 0.2) is 0 Å². The van der Waals surface area contributed by atoms with Crippen LogP contribution in [0.15, 0.2) is 24.3 Å². The maximum absolute atomic E-state index is 10.1. The third-order valence-corrected chi connectivity index (χ3v) is 6.44. The molecular weight excluding hydrogens is 424 g/mol. The molecule has 10 atom stereocenters. The van der Waals surface area contributed by atoms with Crippen molar-refractivity contribution in [2.75, 3.05) is 13.2 Å². The average molecular weight is 459 g/mol. The van der Waals surface area contributed by atoms with Crippen LogP contribution >= 0.6 is 0 Å². The Bertz CT molecular complexity index is 637. The predicted molar refractivity (Wildman–Crippen MR) is 111 cm³/mol. The maximum Gasteiger partial charge on any atom is 0.111 e. The first-order valence-corrected chi connectivity index (χ1v) is 11.0. The van der Waals surface area contributed by atoms with Crippen molar-refractivity contribution < 1.29 is 50.3 Å². The van der Waals surface area contributed by atoms with Gasteiger partial charge in [-0.3, -0.25) is 0 Å². The Labute approximate surface area is 186 Å². The second-order valence-corrected chi connectivity index (χ2v) is 8.63. The van der Waals surface area contributed by atoms with Gasteiger partial charge in [0.25, 0.3) is 0 Å². The van der Waals surface area contributed by atoms with E-state index in [4.69, 9.17) is 9.47 Å². The molecule has 10 unspecified atom stereocenters. The van der Waals surface area contributed by atoms with Crippen LogP contribution in [0, 0.1) is 0 Å². The molecule has 2 aliphatic heterocycles. The van der Waals surface area contributed by atoms with E-state index in [1.165, 1.54) is 0 Å². The summed E-state index contributed by atoms with van der Waals surface area (Å²) in [5.74, 6) is 0. The van der Waals surface area contributed by atoms with Crippen LogP contribution in [0.2, 0.25) is 0 Å². The minimum Gasteiger partial charge on any atom is -0.394 e. The lowest BCUT2D eigenvalue weighted by Crippen LogP contribution is -2.58. The molecule has 0 amide bonds. The minimum absolute atomic E-state index is 0.395. The summed E-state index contributed by atoms with van der Waals surface area (Å²) in [6.45, 7) is -0.908. The van der Waals surface area contributed by atoms with E-state index in [-0.39, 0.29) is 0 Å². The van der Waals surface area contributed by atoms with Gasteiger partial charge in [0.05, 0.1) is 25.4 Å². The fourth-order valence-electron chi connectivity index (χ4n) is 4.32. The summed E-state index contributed by atoms with van der Waals surface area (Å²) in [6.07, 6.45) is -9.34. The highest BCUT2D eigenvalue weighted by Gasteiger charge is 2.44. The molecule has 2 aliphatic rings. The highest BCUT2D eigenvalue weighted by atomic mass is 16.5. The van der Waals surface area contributed by atoms with Gasteiger partial charge in [0.1, 0.15) is 48.8 Å². The quantitative estimate of drug-likeness (QED) is 0.203. The number of ether oxygens (including phenoxy) is 2. The predicted octanol–water partition coefficient (Wildman–Crippen LogP) is -2.76. The number of hydrogen-bond donors (Lipinski definition) is 8. The molecule has 0 radical (unpaired) electrons. The van der Waals surface area contributed by atoms with Crippen molar-refractivity contribution in [1.29, 1.82) is 0 Å². The highest BCUT2D eigenvalue weighted by molar-refractivity contribution is 5.23. The summed E-state index contributed by atoms with van der Waals surface area (Å²) in [6, 6.07) is 7.64. The number of hydrogen-bond acceptors (Lipinski definition) is 10. The SMILES string of the molecule is OCC1OC(CCc2ccc(CCC3OC(CO)C(O)C(O)C3O)cc2)C(O)C(O)C1O. The smallest absolute Gasteiger partial charge is 0.111 e. The van der Waals surface area contributed by atoms with Crippen LogP contribution < -0.4 is 0 Å². The van der Waals surface area contributed by atoms with E-state index in [0.717, 1.165) is 11.1 Å². The Morgan fingerprint density at radius 3 is 1.12 bits per heavy atom. The van der Waals surface area contributed by atoms with Crippen LogP contribution in [0.5, 0.6) is 0 Å². The molecule has 32 heavy (non-hydrogen) atoms. The first-order chi connectivity index (χ1) is 15.3. The monoisotopic (exact) mass is 458 g/mol. The normalized spacial score (nSPS) is 40.4. The van der Waals surface area contributed by atoms with Crippen molar-refractivity contribution in [3.8, 4) is 0 Å². The van der Waals surface area contributed by atoms with Gasteiger partial charge in [0.2, 0.25) is 0 Å². The molecule has 1 aromatic rings. The standard InChI is InChI=1S/C22H34O10/c23-9-15-19(27)21(29)17(25)13(31-15)7-5-11-1-2-12(4-3-11)6-8-14-18(26)22(30)20(28)16(10-24)32-14/h1-4,13-30H,5-10H2. The summed E-state index contributed by atoms with van der Waals surface area (Å²) < 4.78 is 11.0. The van der Waals surface area contributed by atoms with E-state index >= 15 is 0 Å². The highest BCUT2D eigenvalue weighted by Crippen LogP contribution is 2.26. The molecule has 0 saturated carbocycles. The first kappa shape index (κ1) is 25.4. The molecule has 1 aromatic carbocycles. The Kier molecular flexibility index (Phi) is 8.98. The fourth-order valence-corrected chi connectivity index (χ4v) is 4.32. The van der Waals surface area contributed by atoms with Crippen LogP contribution in [0.25, 0.3) is 0 Å². The number of aliphatic hydroxyl groups excluding tert-OH is 8. The van der Waals surface area contributed by atoms with Gasteiger partial charge >= 0.3 is 0 Å². The van der Waals surface area contributed by atoms with Crippen molar-refractivity contribution in [3.05, 3.63) is 35.4 Å². The van der Waals surface area contributed by atoms with Crippen LogP contribution in [-0.4, -0.2) is 115 Å². The topological polar surface area (TPSA) is 180 Å². The number of benzene rings is 1. The summed E-state index contributed by atoms with van der Waals surface area (Å²) in [5.41, 5.74) is 1.94. The van der Waals surface area contributed by atoms with E-state index in [1.807, 2.05) is 24.3 Å². The van der Waals surface area contributed by atoms with Crippen LogP contribution in [0.3, 0.4) is 0 Å². The minimum atomic E-state index is -1.38. The summed E-state index contributed by atoms with van der Waals surface area (Å²) >= 11 is 0. The third kappa shape index (κ3) is 5.65. The average Bonchev–Trinajstić information content (AvgIpc) is 2.81. The third-order valence-electron chi connectivity index (χ3n) is 6.44. The lowest BCUT2D eigenvalue weighted by atomic mass is 9.91. The van der Waals surface area contributed by atoms with E-state index < -0.39 is 74.3 Å².